The third-order valence-corrected chi connectivity index (χ3v) is 3.15. The van der Waals surface area contributed by atoms with E-state index in [1.54, 1.807) is 0 Å². The molecule has 1 saturated heterocycles. The van der Waals surface area contributed by atoms with Crippen molar-refractivity contribution in [2.75, 3.05) is 18.4 Å². The van der Waals surface area contributed by atoms with Gasteiger partial charge >= 0.3 is 0 Å². The summed E-state index contributed by atoms with van der Waals surface area (Å²) in [6, 6.07) is 1.89. The molecule has 5 heteroatoms. The van der Waals surface area contributed by atoms with Gasteiger partial charge in [-0.2, -0.15) is 5.10 Å². The second kappa shape index (κ2) is 5.82. The molecule has 1 fully saturated rings. The zero-order chi connectivity index (χ0) is 12.1. The molecule has 0 radical (unpaired) electrons. The Balaban J connectivity index is 1.79. The van der Waals surface area contributed by atoms with Crippen molar-refractivity contribution >= 4 is 11.7 Å². The number of nitrogens with one attached hydrogen (secondary N) is 3. The normalized spacial score (nSPS) is 20.2. The Bertz CT molecular complexity index is 368. The monoisotopic (exact) mass is 236 g/mol. The van der Waals surface area contributed by atoms with Crippen LogP contribution in [0.25, 0.3) is 0 Å². The molecule has 1 aromatic rings. The van der Waals surface area contributed by atoms with Crippen LogP contribution in [-0.4, -0.2) is 29.2 Å². The summed E-state index contributed by atoms with van der Waals surface area (Å²) >= 11 is 0. The smallest absolute Gasteiger partial charge is 0.225 e. The number of aromatic nitrogens is 2. The molecule has 2 rings (SSSR count). The van der Waals surface area contributed by atoms with Gasteiger partial charge in [0.15, 0.2) is 5.82 Å². The molecule has 1 atom stereocenters. The first-order valence-electron chi connectivity index (χ1n) is 6.32. The molecule has 0 spiro atoms. The van der Waals surface area contributed by atoms with Gasteiger partial charge in [0.25, 0.3) is 0 Å². The topological polar surface area (TPSA) is 69.8 Å². The minimum absolute atomic E-state index is 0.0628. The molecule has 1 aliphatic heterocycles. The van der Waals surface area contributed by atoms with E-state index in [9.17, 15) is 4.79 Å². The number of anilines is 1. The molecule has 1 aliphatic rings. The number of aromatic amines is 1. The Labute approximate surface area is 101 Å². The molecule has 1 unspecified atom stereocenters. The first-order valence-corrected chi connectivity index (χ1v) is 6.32. The summed E-state index contributed by atoms with van der Waals surface area (Å²) in [5.41, 5.74) is 1.04. The lowest BCUT2D eigenvalue weighted by atomic mass is 9.96. The van der Waals surface area contributed by atoms with Gasteiger partial charge in [-0.1, -0.05) is 6.92 Å². The van der Waals surface area contributed by atoms with Crippen molar-refractivity contribution in [3.05, 3.63) is 11.8 Å². The first kappa shape index (κ1) is 12.1. The van der Waals surface area contributed by atoms with E-state index in [2.05, 4.69) is 20.8 Å². The van der Waals surface area contributed by atoms with Gasteiger partial charge < -0.3 is 10.6 Å². The quantitative estimate of drug-likeness (QED) is 0.738. The summed E-state index contributed by atoms with van der Waals surface area (Å²) in [5, 5.41) is 13.1. The molecule has 1 aromatic heterocycles. The van der Waals surface area contributed by atoms with E-state index in [1.165, 1.54) is 6.42 Å². The molecule has 0 saturated carbocycles. The van der Waals surface area contributed by atoms with Crippen molar-refractivity contribution in [2.24, 2.45) is 5.92 Å². The molecule has 17 heavy (non-hydrogen) atoms. The maximum absolute atomic E-state index is 11.8. The third kappa shape index (κ3) is 3.56. The van der Waals surface area contributed by atoms with Crippen LogP contribution in [0.5, 0.6) is 0 Å². The van der Waals surface area contributed by atoms with Crippen LogP contribution in [-0.2, 0) is 11.2 Å². The van der Waals surface area contributed by atoms with Crippen LogP contribution in [0.3, 0.4) is 0 Å². The van der Waals surface area contributed by atoms with Crippen molar-refractivity contribution < 1.29 is 4.79 Å². The number of hydrogen-bond donors (Lipinski definition) is 3. The van der Waals surface area contributed by atoms with E-state index >= 15 is 0 Å². The van der Waals surface area contributed by atoms with E-state index in [4.69, 9.17) is 0 Å². The number of rotatable bonds is 4. The summed E-state index contributed by atoms with van der Waals surface area (Å²) in [6.45, 7) is 4.08. The zero-order valence-electron chi connectivity index (χ0n) is 10.3. The lowest BCUT2D eigenvalue weighted by Gasteiger charge is -2.21. The van der Waals surface area contributed by atoms with Crippen molar-refractivity contribution in [3.8, 4) is 0 Å². The van der Waals surface area contributed by atoms with Crippen LogP contribution in [0.15, 0.2) is 6.07 Å². The maximum atomic E-state index is 11.8. The number of carbonyl (C=O) groups excluding carboxylic acids is 1. The summed E-state index contributed by atoms with van der Waals surface area (Å²) in [5.74, 6) is 1.16. The van der Waals surface area contributed by atoms with Gasteiger partial charge in [-0.25, -0.2) is 0 Å². The van der Waals surface area contributed by atoms with Gasteiger partial charge in [-0.05, 0) is 38.3 Å². The zero-order valence-corrected chi connectivity index (χ0v) is 10.3. The van der Waals surface area contributed by atoms with E-state index < -0.39 is 0 Å². The first-order chi connectivity index (χ1) is 8.28. The van der Waals surface area contributed by atoms with Gasteiger partial charge in [0.05, 0.1) is 0 Å². The average Bonchev–Trinajstić information content (AvgIpc) is 2.78. The minimum Gasteiger partial charge on any atom is -0.316 e. The highest BCUT2D eigenvalue weighted by Crippen LogP contribution is 2.15. The molecule has 2 heterocycles. The second-order valence-corrected chi connectivity index (χ2v) is 4.60. The summed E-state index contributed by atoms with van der Waals surface area (Å²) in [7, 11) is 0. The van der Waals surface area contributed by atoms with Crippen LogP contribution in [0.4, 0.5) is 5.82 Å². The molecule has 0 aromatic carbocycles. The number of aryl methyl sites for hydroxylation is 1. The minimum atomic E-state index is 0.0628. The number of carbonyl (C=O) groups is 1. The van der Waals surface area contributed by atoms with Crippen molar-refractivity contribution in [1.29, 1.82) is 0 Å². The Morgan fingerprint density at radius 1 is 1.65 bits per heavy atom. The van der Waals surface area contributed by atoms with Crippen LogP contribution in [0.1, 0.15) is 31.9 Å². The second-order valence-electron chi connectivity index (χ2n) is 4.60. The molecule has 5 nitrogen and oxygen atoms in total. The lowest BCUT2D eigenvalue weighted by molar-refractivity contribution is -0.117. The fourth-order valence-electron chi connectivity index (χ4n) is 2.16. The fraction of sp³-hybridized carbons (Fsp3) is 0.667. The summed E-state index contributed by atoms with van der Waals surface area (Å²) < 4.78 is 0. The molecule has 1 amide bonds. The van der Waals surface area contributed by atoms with Gasteiger partial charge in [-0.15, -0.1) is 0 Å². The lowest BCUT2D eigenvalue weighted by Crippen LogP contribution is -2.32. The number of H-pyrrole nitrogens is 1. The highest BCUT2D eigenvalue weighted by atomic mass is 16.1. The number of hydrogen-bond acceptors (Lipinski definition) is 3. The highest BCUT2D eigenvalue weighted by molar-refractivity contribution is 5.89. The highest BCUT2D eigenvalue weighted by Gasteiger charge is 2.17. The molecule has 3 N–H and O–H groups in total. The maximum Gasteiger partial charge on any atom is 0.225 e. The Hall–Kier alpha value is -1.36. The Morgan fingerprint density at radius 2 is 2.53 bits per heavy atom. The Kier molecular flexibility index (Phi) is 4.14. The van der Waals surface area contributed by atoms with E-state index in [0.29, 0.717) is 18.2 Å². The van der Waals surface area contributed by atoms with Gasteiger partial charge in [-0.3, -0.25) is 9.89 Å². The SMILES string of the molecule is CCc1cc(NC(=O)CC2CCCNC2)n[nH]1. The van der Waals surface area contributed by atoms with Crippen molar-refractivity contribution in [3.63, 3.8) is 0 Å². The number of piperidine rings is 1. The standard InChI is InChI=1S/C12H20N4O/c1-2-10-7-11(16-15-10)14-12(17)6-9-4-3-5-13-8-9/h7,9,13H,2-6,8H2,1H3,(H2,14,15,16,17). The van der Waals surface area contributed by atoms with Gasteiger partial charge in [0, 0.05) is 18.2 Å². The molecular formula is C12H20N4O. The van der Waals surface area contributed by atoms with Crippen LogP contribution < -0.4 is 10.6 Å². The van der Waals surface area contributed by atoms with Crippen molar-refractivity contribution in [2.45, 2.75) is 32.6 Å². The summed E-state index contributed by atoms with van der Waals surface area (Å²) in [6.07, 6.45) is 3.79. The summed E-state index contributed by atoms with van der Waals surface area (Å²) in [4.78, 5) is 11.8. The molecule has 94 valence electrons. The van der Waals surface area contributed by atoms with E-state index in [0.717, 1.165) is 31.6 Å². The van der Waals surface area contributed by atoms with Gasteiger partial charge in [0.1, 0.15) is 0 Å². The molecule has 0 bridgehead atoms. The average molecular weight is 236 g/mol. The van der Waals surface area contributed by atoms with E-state index in [-0.39, 0.29) is 5.91 Å². The number of nitrogens with zero attached hydrogens (tertiary/aromatic N) is 1. The predicted molar refractivity (Wildman–Crippen MR) is 66.8 cm³/mol. The predicted octanol–water partition coefficient (Wildman–Crippen LogP) is 1.30. The van der Waals surface area contributed by atoms with Crippen LogP contribution in [0.2, 0.25) is 0 Å². The van der Waals surface area contributed by atoms with Crippen LogP contribution >= 0.6 is 0 Å². The van der Waals surface area contributed by atoms with Crippen molar-refractivity contribution in [1.82, 2.24) is 15.5 Å². The third-order valence-electron chi connectivity index (χ3n) is 3.15. The largest absolute Gasteiger partial charge is 0.316 e. The molecule has 0 aliphatic carbocycles. The van der Waals surface area contributed by atoms with Crippen LogP contribution in [0, 0.1) is 5.92 Å². The Morgan fingerprint density at radius 3 is 3.18 bits per heavy atom. The van der Waals surface area contributed by atoms with E-state index in [1.807, 2.05) is 13.0 Å². The van der Waals surface area contributed by atoms with Gasteiger partial charge in [0.2, 0.25) is 5.91 Å². The fourth-order valence-corrected chi connectivity index (χ4v) is 2.16. The number of amides is 1. The molecular weight excluding hydrogens is 216 g/mol.